The molecule has 0 aliphatic carbocycles. The van der Waals surface area contributed by atoms with Gasteiger partial charge in [0, 0.05) is 17.7 Å². The Morgan fingerprint density at radius 2 is 1.74 bits per heavy atom. The molecule has 1 heterocycles. The topological polar surface area (TPSA) is 131 Å². The minimum Gasteiger partial charge on any atom is -0.492 e. The maximum Gasteiger partial charge on any atom is 0.269 e. The molecule has 1 atom stereocenters. The van der Waals surface area contributed by atoms with E-state index in [0.29, 0.717) is 29.4 Å². The van der Waals surface area contributed by atoms with Crippen molar-refractivity contribution < 1.29 is 24.0 Å². The van der Waals surface area contributed by atoms with Crippen molar-refractivity contribution in [3.63, 3.8) is 0 Å². The number of nitrogens with zero attached hydrogens (tertiary/aromatic N) is 2. The maximum absolute atomic E-state index is 13.5. The first-order valence-electron chi connectivity index (χ1n) is 10.9. The van der Waals surface area contributed by atoms with Gasteiger partial charge in [-0.25, -0.2) is 0 Å². The number of hydrogen-bond donors (Lipinski definition) is 2. The normalized spacial score (nSPS) is 14.5. The molecule has 0 bridgehead atoms. The molecule has 10 nitrogen and oxygen atoms in total. The number of nitrogens with one attached hydrogen (secondary N) is 2. The van der Waals surface area contributed by atoms with Gasteiger partial charge in [0.25, 0.3) is 11.6 Å². The van der Waals surface area contributed by atoms with Crippen molar-refractivity contribution in [2.75, 3.05) is 22.1 Å². The molecule has 3 aromatic rings. The third-order valence-corrected chi connectivity index (χ3v) is 5.42. The molecule has 178 valence electrons. The van der Waals surface area contributed by atoms with Crippen molar-refractivity contribution in [2.24, 2.45) is 0 Å². The summed E-state index contributed by atoms with van der Waals surface area (Å²) in [6, 6.07) is 17.6. The molecule has 0 fully saturated rings. The number of amides is 3. The fraction of sp³-hybridized carbons (Fsp3) is 0.160. The molecule has 0 saturated carbocycles. The zero-order valence-electron chi connectivity index (χ0n) is 18.8. The fourth-order valence-electron chi connectivity index (χ4n) is 3.82. The summed E-state index contributed by atoms with van der Waals surface area (Å²) in [5.41, 5.74) is 1.27. The van der Waals surface area contributed by atoms with Gasteiger partial charge >= 0.3 is 0 Å². The lowest BCUT2D eigenvalue weighted by Crippen LogP contribution is -2.52. The molecule has 4 rings (SSSR count). The quantitative estimate of drug-likeness (QED) is 0.393. The zero-order valence-corrected chi connectivity index (χ0v) is 18.8. The van der Waals surface area contributed by atoms with Crippen LogP contribution in [-0.2, 0) is 9.59 Å². The fourth-order valence-corrected chi connectivity index (χ4v) is 3.82. The van der Waals surface area contributed by atoms with E-state index in [1.807, 2.05) is 6.92 Å². The van der Waals surface area contributed by atoms with E-state index < -0.39 is 28.7 Å². The van der Waals surface area contributed by atoms with E-state index in [1.165, 1.54) is 29.2 Å². The van der Waals surface area contributed by atoms with Gasteiger partial charge in [-0.3, -0.25) is 29.4 Å². The minimum absolute atomic E-state index is 0.146. The second kappa shape index (κ2) is 10.0. The SMILES string of the molecule is CCOc1ccccc1NC(=O)C[C@H]1C(=O)Nc2ccccc2N1C(=O)c1ccc([N+](=O)[O-])cc1. The Morgan fingerprint density at radius 1 is 1.06 bits per heavy atom. The van der Waals surface area contributed by atoms with Crippen LogP contribution in [0.2, 0.25) is 0 Å². The maximum atomic E-state index is 13.5. The Morgan fingerprint density at radius 3 is 2.46 bits per heavy atom. The number of carbonyl (C=O) groups excluding carboxylic acids is 3. The standard InChI is InChI=1S/C25H22N4O6/c1-2-35-22-10-6-4-8-19(22)26-23(30)15-21-24(31)27-18-7-3-5-9-20(18)28(21)25(32)16-11-13-17(14-12-16)29(33)34/h3-14,21H,2,15H2,1H3,(H,26,30)(H,27,31)/t21-/m0/s1. The number of hydrogen-bond acceptors (Lipinski definition) is 6. The molecule has 1 aliphatic heterocycles. The molecule has 2 N–H and O–H groups in total. The van der Waals surface area contributed by atoms with Crippen LogP contribution in [0.1, 0.15) is 23.7 Å². The van der Waals surface area contributed by atoms with Crippen LogP contribution in [-0.4, -0.2) is 35.3 Å². The molecular weight excluding hydrogens is 452 g/mol. The molecular formula is C25H22N4O6. The Labute approximate surface area is 200 Å². The first kappa shape index (κ1) is 23.4. The summed E-state index contributed by atoms with van der Waals surface area (Å²) in [7, 11) is 0. The highest BCUT2D eigenvalue weighted by Crippen LogP contribution is 2.34. The van der Waals surface area contributed by atoms with Crippen molar-refractivity contribution in [3.05, 3.63) is 88.5 Å². The summed E-state index contributed by atoms with van der Waals surface area (Å²) in [6.07, 6.45) is -0.320. The number of rotatable bonds is 7. The van der Waals surface area contributed by atoms with Gasteiger partial charge in [0.05, 0.1) is 35.0 Å². The number of fused-ring (bicyclic) bond motifs is 1. The third-order valence-electron chi connectivity index (χ3n) is 5.42. The predicted octanol–water partition coefficient (Wildman–Crippen LogP) is 3.99. The summed E-state index contributed by atoms with van der Waals surface area (Å²) in [5, 5.41) is 16.5. The number of benzene rings is 3. The molecule has 1 aliphatic rings. The molecule has 3 aromatic carbocycles. The second-order valence-electron chi connectivity index (χ2n) is 7.68. The van der Waals surface area contributed by atoms with Gasteiger partial charge in [-0.2, -0.15) is 0 Å². The molecule has 3 amide bonds. The van der Waals surface area contributed by atoms with Gasteiger partial charge in [0.2, 0.25) is 11.8 Å². The highest BCUT2D eigenvalue weighted by Gasteiger charge is 2.38. The largest absolute Gasteiger partial charge is 0.492 e. The Bertz CT molecular complexity index is 1290. The Kier molecular flexibility index (Phi) is 6.72. The van der Waals surface area contributed by atoms with Gasteiger partial charge in [0.15, 0.2) is 0 Å². The van der Waals surface area contributed by atoms with Crippen LogP contribution in [0.25, 0.3) is 0 Å². The lowest BCUT2D eigenvalue weighted by Gasteiger charge is -2.36. The van der Waals surface area contributed by atoms with E-state index in [2.05, 4.69) is 10.6 Å². The van der Waals surface area contributed by atoms with Crippen LogP contribution in [0.5, 0.6) is 5.75 Å². The number of non-ortho nitro benzene ring substituents is 1. The van der Waals surface area contributed by atoms with Crippen LogP contribution >= 0.6 is 0 Å². The number of nitro benzene ring substituents is 1. The van der Waals surface area contributed by atoms with E-state index in [1.54, 1.807) is 48.5 Å². The second-order valence-corrected chi connectivity index (χ2v) is 7.68. The first-order valence-corrected chi connectivity index (χ1v) is 10.9. The van der Waals surface area contributed by atoms with Crippen molar-refractivity contribution >= 4 is 40.5 Å². The van der Waals surface area contributed by atoms with Crippen molar-refractivity contribution in [1.29, 1.82) is 0 Å². The van der Waals surface area contributed by atoms with Crippen molar-refractivity contribution in [1.82, 2.24) is 0 Å². The number of para-hydroxylation sites is 4. The lowest BCUT2D eigenvalue weighted by molar-refractivity contribution is -0.384. The summed E-state index contributed by atoms with van der Waals surface area (Å²) >= 11 is 0. The third kappa shape index (κ3) is 4.96. The average Bonchev–Trinajstić information content (AvgIpc) is 2.85. The molecule has 0 aromatic heterocycles. The summed E-state index contributed by atoms with van der Waals surface area (Å²) < 4.78 is 5.53. The summed E-state index contributed by atoms with van der Waals surface area (Å²) in [5.74, 6) is -1.08. The monoisotopic (exact) mass is 474 g/mol. The Balaban J connectivity index is 1.64. The van der Waals surface area contributed by atoms with E-state index in [-0.39, 0.29) is 17.7 Å². The number of nitro groups is 1. The van der Waals surface area contributed by atoms with Gasteiger partial charge < -0.3 is 15.4 Å². The summed E-state index contributed by atoms with van der Waals surface area (Å²) in [6.45, 7) is 2.23. The number of carbonyl (C=O) groups is 3. The van der Waals surface area contributed by atoms with Crippen molar-refractivity contribution in [3.8, 4) is 5.75 Å². The van der Waals surface area contributed by atoms with Gasteiger partial charge in [-0.15, -0.1) is 0 Å². The highest BCUT2D eigenvalue weighted by molar-refractivity contribution is 6.17. The summed E-state index contributed by atoms with van der Waals surface area (Å²) in [4.78, 5) is 51.1. The smallest absolute Gasteiger partial charge is 0.269 e. The highest BCUT2D eigenvalue weighted by atomic mass is 16.6. The van der Waals surface area contributed by atoms with E-state index in [9.17, 15) is 24.5 Å². The number of ether oxygens (including phenoxy) is 1. The predicted molar refractivity (Wildman–Crippen MR) is 130 cm³/mol. The van der Waals surface area contributed by atoms with E-state index in [0.717, 1.165) is 0 Å². The molecule has 0 radical (unpaired) electrons. The lowest BCUT2D eigenvalue weighted by atomic mass is 10.0. The van der Waals surface area contributed by atoms with Gasteiger partial charge in [-0.05, 0) is 43.3 Å². The van der Waals surface area contributed by atoms with Crippen molar-refractivity contribution in [2.45, 2.75) is 19.4 Å². The van der Waals surface area contributed by atoms with Gasteiger partial charge in [0.1, 0.15) is 11.8 Å². The van der Waals surface area contributed by atoms with Crippen LogP contribution < -0.4 is 20.3 Å². The molecule has 10 heteroatoms. The molecule has 0 spiro atoms. The van der Waals surface area contributed by atoms with E-state index in [4.69, 9.17) is 4.74 Å². The zero-order chi connectivity index (χ0) is 24.9. The molecule has 0 saturated heterocycles. The average molecular weight is 474 g/mol. The van der Waals surface area contributed by atoms with Crippen LogP contribution in [0.3, 0.4) is 0 Å². The first-order chi connectivity index (χ1) is 16.9. The Hall–Kier alpha value is -4.73. The van der Waals surface area contributed by atoms with E-state index >= 15 is 0 Å². The van der Waals surface area contributed by atoms with Crippen LogP contribution in [0.15, 0.2) is 72.8 Å². The minimum atomic E-state index is -1.15. The van der Waals surface area contributed by atoms with Gasteiger partial charge in [-0.1, -0.05) is 24.3 Å². The number of anilines is 3. The molecule has 35 heavy (non-hydrogen) atoms. The van der Waals surface area contributed by atoms with Crippen LogP contribution in [0.4, 0.5) is 22.7 Å². The molecule has 0 unspecified atom stereocenters. The van der Waals surface area contributed by atoms with Crippen LogP contribution in [0, 0.1) is 10.1 Å².